The molecule has 1 aromatic rings. The number of morpholine rings is 1. The number of nitrogens with one attached hydrogen (secondary N) is 1. The second-order valence-electron chi connectivity index (χ2n) is 7.00. The van der Waals surface area contributed by atoms with Gasteiger partial charge in [0.15, 0.2) is 5.16 Å². The fourth-order valence-corrected chi connectivity index (χ4v) is 4.18. The van der Waals surface area contributed by atoms with E-state index in [2.05, 4.69) is 38.8 Å². The number of rotatable bonds is 9. The van der Waals surface area contributed by atoms with E-state index < -0.39 is 0 Å². The zero-order chi connectivity index (χ0) is 19.1. The molecule has 2 aliphatic rings. The third kappa shape index (κ3) is 5.58. The van der Waals surface area contributed by atoms with Crippen molar-refractivity contribution >= 4 is 23.6 Å². The fourth-order valence-electron chi connectivity index (χ4n) is 3.43. The molecular weight excluding hydrogens is 366 g/mol. The van der Waals surface area contributed by atoms with Crippen LogP contribution in [-0.4, -0.2) is 71.5 Å². The summed E-state index contributed by atoms with van der Waals surface area (Å²) in [4.78, 5) is 14.5. The number of nitrogens with zero attached hydrogens (tertiary/aromatic N) is 4. The fraction of sp³-hybridized carbons (Fsp3) is 0.833. The van der Waals surface area contributed by atoms with Crippen molar-refractivity contribution in [1.29, 1.82) is 0 Å². The van der Waals surface area contributed by atoms with Gasteiger partial charge in [-0.1, -0.05) is 25.6 Å². The van der Waals surface area contributed by atoms with E-state index in [0.717, 1.165) is 63.0 Å². The number of carbonyl (C=O) groups excluding carboxylic acids is 1. The van der Waals surface area contributed by atoms with Gasteiger partial charge < -0.3 is 19.7 Å². The molecule has 3 heterocycles. The summed E-state index contributed by atoms with van der Waals surface area (Å²) in [5.41, 5.74) is 0. The predicted octanol–water partition coefficient (Wildman–Crippen LogP) is 1.69. The standard InChI is InChI=1S/C18H31N5O3S/c1-3-14(4-2)19-16(24)13-27-18-21-20-17(22-7-10-25-11-8-22)23(18)12-15-6-5-9-26-15/h14-15H,3-13H2,1-2H3,(H,19,24). The van der Waals surface area contributed by atoms with Gasteiger partial charge in [0.05, 0.1) is 31.6 Å². The van der Waals surface area contributed by atoms with Crippen molar-refractivity contribution in [2.45, 2.75) is 63.4 Å². The second-order valence-corrected chi connectivity index (χ2v) is 7.94. The third-order valence-corrected chi connectivity index (χ3v) is 6.05. The summed E-state index contributed by atoms with van der Waals surface area (Å²) >= 11 is 1.45. The Morgan fingerprint density at radius 3 is 2.70 bits per heavy atom. The van der Waals surface area contributed by atoms with Crippen LogP contribution in [0.15, 0.2) is 5.16 Å². The number of carbonyl (C=O) groups is 1. The van der Waals surface area contributed by atoms with E-state index in [-0.39, 0.29) is 18.1 Å². The van der Waals surface area contributed by atoms with Crippen LogP contribution >= 0.6 is 11.8 Å². The van der Waals surface area contributed by atoms with E-state index in [1.165, 1.54) is 11.8 Å². The maximum atomic E-state index is 12.3. The molecular formula is C18H31N5O3S. The summed E-state index contributed by atoms with van der Waals surface area (Å²) in [6.45, 7) is 8.76. The Kier molecular flexibility index (Phi) is 7.78. The lowest BCUT2D eigenvalue weighted by atomic mass is 10.2. The van der Waals surface area contributed by atoms with Gasteiger partial charge >= 0.3 is 0 Å². The van der Waals surface area contributed by atoms with Crippen LogP contribution in [0.1, 0.15) is 39.5 Å². The highest BCUT2D eigenvalue weighted by molar-refractivity contribution is 7.99. The molecule has 2 fully saturated rings. The van der Waals surface area contributed by atoms with Gasteiger partial charge in [0, 0.05) is 25.7 Å². The Labute approximate surface area is 165 Å². The van der Waals surface area contributed by atoms with Crippen molar-refractivity contribution < 1.29 is 14.3 Å². The van der Waals surface area contributed by atoms with Crippen LogP contribution < -0.4 is 10.2 Å². The van der Waals surface area contributed by atoms with Crippen molar-refractivity contribution in [3.05, 3.63) is 0 Å². The van der Waals surface area contributed by atoms with E-state index in [0.29, 0.717) is 19.0 Å². The van der Waals surface area contributed by atoms with Crippen LogP contribution in [-0.2, 0) is 20.8 Å². The molecule has 1 amide bonds. The molecule has 0 spiro atoms. The monoisotopic (exact) mass is 397 g/mol. The average molecular weight is 398 g/mol. The maximum Gasteiger partial charge on any atom is 0.230 e. The van der Waals surface area contributed by atoms with Gasteiger partial charge in [0.2, 0.25) is 11.9 Å². The summed E-state index contributed by atoms with van der Waals surface area (Å²) < 4.78 is 13.4. The number of thioether (sulfide) groups is 1. The van der Waals surface area contributed by atoms with Crippen molar-refractivity contribution in [3.63, 3.8) is 0 Å². The van der Waals surface area contributed by atoms with Gasteiger partial charge in [-0.3, -0.25) is 9.36 Å². The van der Waals surface area contributed by atoms with Gasteiger partial charge in [-0.05, 0) is 25.7 Å². The Balaban J connectivity index is 1.67. The van der Waals surface area contributed by atoms with Gasteiger partial charge in [-0.15, -0.1) is 10.2 Å². The van der Waals surface area contributed by atoms with Crippen LogP contribution in [0.25, 0.3) is 0 Å². The molecule has 1 unspecified atom stereocenters. The van der Waals surface area contributed by atoms with Crippen molar-refractivity contribution in [1.82, 2.24) is 20.1 Å². The minimum absolute atomic E-state index is 0.0493. The molecule has 0 bridgehead atoms. The average Bonchev–Trinajstić information content (AvgIpc) is 3.35. The smallest absolute Gasteiger partial charge is 0.230 e. The Hall–Kier alpha value is -1.32. The lowest BCUT2D eigenvalue weighted by Gasteiger charge is -2.28. The molecule has 152 valence electrons. The summed E-state index contributed by atoms with van der Waals surface area (Å²) in [5, 5.41) is 12.7. The van der Waals surface area contributed by atoms with Gasteiger partial charge in [-0.25, -0.2) is 0 Å². The molecule has 27 heavy (non-hydrogen) atoms. The highest BCUT2D eigenvalue weighted by Crippen LogP contribution is 2.25. The van der Waals surface area contributed by atoms with Crippen molar-refractivity contribution in [2.24, 2.45) is 0 Å². The summed E-state index contributed by atoms with van der Waals surface area (Å²) in [6.07, 6.45) is 4.24. The first-order valence-corrected chi connectivity index (χ1v) is 11.0. The lowest BCUT2D eigenvalue weighted by molar-refractivity contribution is -0.119. The van der Waals surface area contributed by atoms with Crippen LogP contribution in [0.3, 0.4) is 0 Å². The van der Waals surface area contributed by atoms with E-state index in [9.17, 15) is 4.79 Å². The molecule has 1 aromatic heterocycles. The Morgan fingerprint density at radius 1 is 1.26 bits per heavy atom. The van der Waals surface area contributed by atoms with Crippen LogP contribution in [0.5, 0.6) is 0 Å². The van der Waals surface area contributed by atoms with E-state index in [4.69, 9.17) is 9.47 Å². The molecule has 2 saturated heterocycles. The molecule has 9 heteroatoms. The van der Waals surface area contributed by atoms with E-state index in [1.54, 1.807) is 0 Å². The minimum atomic E-state index is 0.0493. The number of hydrogen-bond acceptors (Lipinski definition) is 7. The molecule has 1 atom stereocenters. The van der Waals surface area contributed by atoms with E-state index >= 15 is 0 Å². The number of hydrogen-bond donors (Lipinski definition) is 1. The molecule has 8 nitrogen and oxygen atoms in total. The molecule has 2 aliphatic heterocycles. The highest BCUT2D eigenvalue weighted by Gasteiger charge is 2.25. The quantitative estimate of drug-likeness (QED) is 0.635. The topological polar surface area (TPSA) is 81.5 Å². The third-order valence-electron chi connectivity index (χ3n) is 5.08. The predicted molar refractivity (Wildman–Crippen MR) is 105 cm³/mol. The first kappa shape index (κ1) is 20.4. The molecule has 3 rings (SSSR count). The summed E-state index contributed by atoms with van der Waals surface area (Å²) in [7, 11) is 0. The van der Waals surface area contributed by atoms with Crippen LogP contribution in [0.4, 0.5) is 5.95 Å². The Morgan fingerprint density at radius 2 is 2.04 bits per heavy atom. The molecule has 0 radical (unpaired) electrons. The van der Waals surface area contributed by atoms with Gasteiger partial charge in [-0.2, -0.15) is 0 Å². The van der Waals surface area contributed by atoms with Crippen molar-refractivity contribution in [3.8, 4) is 0 Å². The van der Waals surface area contributed by atoms with Crippen molar-refractivity contribution in [2.75, 3.05) is 43.6 Å². The van der Waals surface area contributed by atoms with Gasteiger partial charge in [0.1, 0.15) is 0 Å². The van der Waals surface area contributed by atoms with Gasteiger partial charge in [0.25, 0.3) is 0 Å². The molecule has 0 aliphatic carbocycles. The number of ether oxygens (including phenoxy) is 2. The van der Waals surface area contributed by atoms with E-state index in [1.807, 2.05) is 0 Å². The number of aromatic nitrogens is 3. The Bertz CT molecular complexity index is 596. The first-order valence-electron chi connectivity index (χ1n) is 10.0. The largest absolute Gasteiger partial charge is 0.378 e. The van der Waals surface area contributed by atoms with Crippen LogP contribution in [0, 0.1) is 0 Å². The summed E-state index contributed by atoms with van der Waals surface area (Å²) in [5.74, 6) is 1.26. The summed E-state index contributed by atoms with van der Waals surface area (Å²) in [6, 6.07) is 0.242. The first-order chi connectivity index (χ1) is 13.2. The SMILES string of the molecule is CCC(CC)NC(=O)CSc1nnc(N2CCOCC2)n1CC1CCCO1. The second kappa shape index (κ2) is 10.3. The number of anilines is 1. The number of amides is 1. The minimum Gasteiger partial charge on any atom is -0.378 e. The molecule has 0 saturated carbocycles. The maximum absolute atomic E-state index is 12.3. The molecule has 0 aromatic carbocycles. The molecule has 1 N–H and O–H groups in total. The zero-order valence-corrected chi connectivity index (χ0v) is 17.2. The van der Waals surface area contributed by atoms with Crippen LogP contribution in [0.2, 0.25) is 0 Å². The highest BCUT2D eigenvalue weighted by atomic mass is 32.2. The normalized spacial score (nSPS) is 20.4. The lowest BCUT2D eigenvalue weighted by Crippen LogP contribution is -2.38. The zero-order valence-electron chi connectivity index (χ0n) is 16.4.